The molecule has 0 radical (unpaired) electrons. The second-order valence-electron chi connectivity index (χ2n) is 17.8. The number of aldehydes is 1. The van der Waals surface area contributed by atoms with Crippen LogP contribution in [0.5, 0.6) is 0 Å². The zero-order chi connectivity index (χ0) is 43.8. The van der Waals surface area contributed by atoms with Crippen LogP contribution >= 0.6 is 0 Å². The summed E-state index contributed by atoms with van der Waals surface area (Å²) in [6.45, 7) is 10.8. The number of carbonyl (C=O) groups is 2. The van der Waals surface area contributed by atoms with Gasteiger partial charge in [-0.3, -0.25) is 4.79 Å². The Morgan fingerprint density at radius 3 is 2.17 bits per heavy atom. The van der Waals surface area contributed by atoms with Crippen molar-refractivity contribution in [3.8, 4) is 0 Å². The maximum atomic E-state index is 13.1. The van der Waals surface area contributed by atoms with Gasteiger partial charge in [0, 0.05) is 32.4 Å². The molecular weight excluding hydrogens is 768 g/mol. The zero-order valence-electron chi connectivity index (χ0n) is 37.0. The van der Waals surface area contributed by atoms with Gasteiger partial charge in [0.25, 0.3) is 0 Å². The Bertz CT molecular complexity index is 1370. The first-order valence-corrected chi connectivity index (χ1v) is 21.3. The molecule has 0 amide bonds. The number of methoxy groups -OCH3 is 1. The van der Waals surface area contributed by atoms with Crippen molar-refractivity contribution in [2.24, 2.45) is 11.8 Å². The van der Waals surface area contributed by atoms with Gasteiger partial charge in [0.15, 0.2) is 18.9 Å². The summed E-state index contributed by atoms with van der Waals surface area (Å²) in [5, 5.41) is 45.1. The van der Waals surface area contributed by atoms with Crippen LogP contribution in [0.4, 0.5) is 0 Å². The Morgan fingerprint density at radius 2 is 1.56 bits per heavy atom. The smallest absolute Gasteiger partial charge is 0.308 e. The zero-order valence-corrected chi connectivity index (χ0v) is 37.0. The maximum Gasteiger partial charge on any atom is 0.308 e. The predicted molar refractivity (Wildman–Crippen MR) is 217 cm³/mol. The first kappa shape index (κ1) is 49.8. The second kappa shape index (κ2) is 22.5. The summed E-state index contributed by atoms with van der Waals surface area (Å²) in [6.07, 6.45) is -1.56. The number of likely N-dealkylation sites (N-methyl/N-ethyl adjacent to an activating group) is 2. The molecule has 4 aliphatic rings. The molecule has 0 spiro atoms. The normalized spacial score (nSPS) is 45.8. The molecule has 340 valence electrons. The Balaban J connectivity index is 1.66. The van der Waals surface area contributed by atoms with Crippen molar-refractivity contribution in [3.63, 3.8) is 0 Å². The van der Waals surface area contributed by atoms with Gasteiger partial charge in [-0.05, 0) is 93.9 Å². The highest BCUT2D eigenvalue weighted by atomic mass is 16.7. The number of aliphatic hydroxyl groups excluding tert-OH is 3. The monoisotopic (exact) mass is 843 g/mol. The second-order valence-corrected chi connectivity index (χ2v) is 17.8. The molecule has 4 N–H and O–H groups in total. The van der Waals surface area contributed by atoms with Crippen molar-refractivity contribution in [1.29, 1.82) is 0 Å². The van der Waals surface area contributed by atoms with E-state index in [2.05, 4.69) is 4.90 Å². The van der Waals surface area contributed by atoms with E-state index in [1.807, 2.05) is 52.2 Å². The van der Waals surface area contributed by atoms with Crippen LogP contribution in [0, 0.1) is 11.8 Å². The first-order chi connectivity index (χ1) is 27.8. The van der Waals surface area contributed by atoms with E-state index in [-0.39, 0.29) is 30.9 Å². The van der Waals surface area contributed by atoms with Gasteiger partial charge < -0.3 is 72.9 Å². The van der Waals surface area contributed by atoms with Crippen molar-refractivity contribution in [2.75, 3.05) is 35.3 Å². The van der Waals surface area contributed by atoms with Crippen LogP contribution < -0.4 is 0 Å². The lowest BCUT2D eigenvalue weighted by atomic mass is 9.82. The average Bonchev–Trinajstić information content (AvgIpc) is 3.13. The third-order valence-electron chi connectivity index (χ3n) is 12.4. The average molecular weight is 843 g/mol. The molecule has 19 atom stereocenters. The van der Waals surface area contributed by atoms with E-state index in [9.17, 15) is 30.0 Å². The number of esters is 1. The lowest BCUT2D eigenvalue weighted by Gasteiger charge is -2.50. The minimum absolute atomic E-state index is 0.00885. The highest BCUT2D eigenvalue weighted by Crippen LogP contribution is 2.37. The Kier molecular flexibility index (Phi) is 18.9. The highest BCUT2D eigenvalue weighted by molar-refractivity contribution is 5.70. The highest BCUT2D eigenvalue weighted by Gasteiger charge is 2.52. The molecule has 16 heteroatoms. The van der Waals surface area contributed by atoms with E-state index in [4.69, 9.17) is 37.9 Å². The lowest BCUT2D eigenvalue weighted by molar-refractivity contribution is -0.344. The summed E-state index contributed by atoms with van der Waals surface area (Å²) in [7, 11) is 9.03. The molecule has 4 rings (SSSR count). The van der Waals surface area contributed by atoms with Gasteiger partial charge in [-0.1, -0.05) is 31.2 Å². The summed E-state index contributed by atoms with van der Waals surface area (Å²) in [5.74, 6) is -1.47. The molecular formula is C43H74N2O14. The van der Waals surface area contributed by atoms with Gasteiger partial charge in [-0.2, -0.15) is 0 Å². The number of rotatable bonds is 11. The molecule has 0 bridgehead atoms. The van der Waals surface area contributed by atoms with Crippen molar-refractivity contribution < 1.29 is 67.9 Å². The Hall–Kier alpha value is -1.90. The van der Waals surface area contributed by atoms with Gasteiger partial charge >= 0.3 is 5.97 Å². The molecule has 59 heavy (non-hydrogen) atoms. The summed E-state index contributed by atoms with van der Waals surface area (Å²) < 4.78 is 50.0. The van der Waals surface area contributed by atoms with Crippen molar-refractivity contribution in [2.45, 2.75) is 190 Å². The number of hydrogen-bond acceptors (Lipinski definition) is 16. The Labute approximate surface area is 351 Å². The van der Waals surface area contributed by atoms with Crippen LogP contribution in [0.2, 0.25) is 0 Å². The van der Waals surface area contributed by atoms with E-state index < -0.39 is 110 Å². The minimum Gasteiger partial charge on any atom is -0.462 e. The fraction of sp³-hybridized carbons (Fsp3) is 0.860. The van der Waals surface area contributed by atoms with Crippen LogP contribution in [-0.4, -0.2) is 181 Å². The van der Waals surface area contributed by atoms with E-state index in [0.29, 0.717) is 19.3 Å². The molecule has 4 heterocycles. The van der Waals surface area contributed by atoms with E-state index in [1.165, 1.54) is 14.0 Å². The van der Waals surface area contributed by atoms with Gasteiger partial charge in [0.1, 0.15) is 36.8 Å². The van der Waals surface area contributed by atoms with E-state index >= 15 is 0 Å². The molecule has 0 saturated carbocycles. The summed E-state index contributed by atoms with van der Waals surface area (Å²) in [6, 6.07) is -0.466. The number of hydrogen-bond donors (Lipinski definition) is 4. The third kappa shape index (κ3) is 13.3. The van der Waals surface area contributed by atoms with Crippen LogP contribution in [-0.2, 0) is 47.5 Å². The predicted octanol–water partition coefficient (Wildman–Crippen LogP) is 2.33. The molecule has 16 nitrogen and oxygen atoms in total. The molecule has 3 fully saturated rings. The number of cyclic esters (lactones) is 1. The van der Waals surface area contributed by atoms with Crippen LogP contribution in [0.15, 0.2) is 24.3 Å². The van der Waals surface area contributed by atoms with Gasteiger partial charge in [0.2, 0.25) is 0 Å². The third-order valence-corrected chi connectivity index (χ3v) is 12.4. The molecule has 0 aromatic rings. The number of allylic oxidation sites excluding steroid dienone is 2. The minimum atomic E-state index is -1.47. The van der Waals surface area contributed by atoms with Crippen molar-refractivity contribution in [3.05, 3.63) is 24.3 Å². The van der Waals surface area contributed by atoms with Gasteiger partial charge in [-0.15, -0.1) is 0 Å². The number of nitrogens with zero attached hydrogens (tertiary/aromatic N) is 2. The van der Waals surface area contributed by atoms with Crippen molar-refractivity contribution >= 4 is 12.3 Å². The van der Waals surface area contributed by atoms with Crippen LogP contribution in [0.1, 0.15) is 86.5 Å². The molecule has 3 saturated heterocycles. The topological polar surface area (TPSA) is 195 Å². The summed E-state index contributed by atoms with van der Waals surface area (Å²) in [4.78, 5) is 29.5. The number of ether oxygens (including phenoxy) is 8. The lowest BCUT2D eigenvalue weighted by Crippen LogP contribution is -2.65. The molecule has 4 aliphatic heterocycles. The molecule has 0 aromatic heterocycles. The first-order valence-electron chi connectivity index (χ1n) is 21.3. The largest absolute Gasteiger partial charge is 0.462 e. The fourth-order valence-corrected chi connectivity index (χ4v) is 9.10. The fourth-order valence-electron chi connectivity index (χ4n) is 9.10. The number of aliphatic hydroxyl groups is 4. The molecule has 1 unspecified atom stereocenters. The van der Waals surface area contributed by atoms with Crippen LogP contribution in [0.3, 0.4) is 0 Å². The van der Waals surface area contributed by atoms with E-state index in [1.54, 1.807) is 39.8 Å². The van der Waals surface area contributed by atoms with Gasteiger partial charge in [0.05, 0.1) is 54.7 Å². The van der Waals surface area contributed by atoms with Crippen LogP contribution in [0.25, 0.3) is 0 Å². The standard InChI is InChI=1S/C43H74N2O14/c1-24-21-29(19-20-46)39(59-42-37(49)36(45(9)10)38(27(4)56-42)58-35-23-43(6,51)41(50)28(5)55-35)40(52-11)31(47)22-33(48)53-25(2)15-13-12-14-16-32(24)57-34-18-17-30(44(7)8)26(3)54-34/h12-14,16,20,24-32,34-42,47,49-51H,15,17-19,21-23H2,1-11H3/b13-12-,16-14+/t24-,25-,26-,27-,28+,29+,30+,31-,32+,34+,35+,36-,37-,38-,39+,40?,41+,42+,43-/m1/s1. The number of carbonyl (C=O) groups excluding carboxylic acids is 2. The SMILES string of the molecule is COC1[C@H](O)CC(=O)O[C@H](C)C/C=C\C=C\[C@H](O[C@H]2CC[C@H](N(C)C)[C@@H](C)O2)[C@H](C)C[C@H](CC=O)[C@@H]1O[C@@H]1O[C@H](C)[C@@H](O[C@H]2C[C@@](C)(O)[C@@H](O)[C@H](C)O2)[C@H](N(C)C)[C@H]1O. The maximum absolute atomic E-state index is 13.1. The molecule has 0 aliphatic carbocycles. The van der Waals surface area contributed by atoms with Gasteiger partial charge in [-0.25, -0.2) is 0 Å². The molecule has 0 aromatic carbocycles. The quantitative estimate of drug-likeness (QED) is 0.175. The van der Waals surface area contributed by atoms with E-state index in [0.717, 1.165) is 12.7 Å². The Morgan fingerprint density at radius 1 is 0.864 bits per heavy atom. The van der Waals surface area contributed by atoms with Crippen molar-refractivity contribution in [1.82, 2.24) is 9.80 Å². The summed E-state index contributed by atoms with van der Waals surface area (Å²) >= 11 is 0. The summed E-state index contributed by atoms with van der Waals surface area (Å²) in [5.41, 5.74) is -1.47.